The molecular weight excluding hydrogens is 309 g/mol. The number of aromatic nitrogens is 1. The summed E-state index contributed by atoms with van der Waals surface area (Å²) in [6.07, 6.45) is 0. The highest BCUT2D eigenvalue weighted by atomic mass is 79.9. The van der Waals surface area contributed by atoms with Gasteiger partial charge < -0.3 is 0 Å². The molecule has 0 atom stereocenters. The van der Waals surface area contributed by atoms with E-state index in [-0.39, 0.29) is 0 Å². The minimum Gasteiger partial charge on any atom is -0.235 e. The van der Waals surface area contributed by atoms with Gasteiger partial charge in [-0.2, -0.15) is 0 Å². The lowest BCUT2D eigenvalue weighted by atomic mass is 10.0. The van der Waals surface area contributed by atoms with Crippen LogP contribution in [0.3, 0.4) is 0 Å². The fraction of sp³-hybridized carbons (Fsp3) is 0.250. The Balaban J connectivity index is 2.79. The topological polar surface area (TPSA) is 12.9 Å². The summed E-state index contributed by atoms with van der Waals surface area (Å²) in [7, 11) is 0. The SMILES string of the molecule is CC(C)c1cc2cc(Cl)cc(Br)c2nc1Cl. The van der Waals surface area contributed by atoms with Crippen LogP contribution in [-0.2, 0) is 0 Å². The Kier molecular flexibility index (Phi) is 3.43. The van der Waals surface area contributed by atoms with Crippen LogP contribution in [0.4, 0.5) is 0 Å². The van der Waals surface area contributed by atoms with Crippen LogP contribution >= 0.6 is 39.1 Å². The molecule has 1 aromatic heterocycles. The Labute approximate surface area is 113 Å². The molecule has 0 aliphatic carbocycles. The zero-order valence-electron chi connectivity index (χ0n) is 8.89. The van der Waals surface area contributed by atoms with E-state index in [0.717, 1.165) is 20.9 Å². The molecule has 0 aliphatic rings. The van der Waals surface area contributed by atoms with Gasteiger partial charge in [0.25, 0.3) is 0 Å². The summed E-state index contributed by atoms with van der Waals surface area (Å²) in [5.74, 6) is 0.349. The molecule has 0 radical (unpaired) electrons. The monoisotopic (exact) mass is 317 g/mol. The Morgan fingerprint density at radius 3 is 2.50 bits per heavy atom. The van der Waals surface area contributed by atoms with E-state index >= 15 is 0 Å². The van der Waals surface area contributed by atoms with Gasteiger partial charge in [0, 0.05) is 14.9 Å². The molecule has 0 bridgehead atoms. The van der Waals surface area contributed by atoms with Gasteiger partial charge in [0.15, 0.2) is 0 Å². The average Bonchev–Trinajstić information content (AvgIpc) is 2.18. The van der Waals surface area contributed by atoms with Gasteiger partial charge in [-0.1, -0.05) is 37.0 Å². The summed E-state index contributed by atoms with van der Waals surface area (Å²) in [6, 6.07) is 5.77. The van der Waals surface area contributed by atoms with Gasteiger partial charge in [0.1, 0.15) is 5.15 Å². The van der Waals surface area contributed by atoms with Crippen LogP contribution in [0.25, 0.3) is 10.9 Å². The van der Waals surface area contributed by atoms with Crippen molar-refractivity contribution in [2.24, 2.45) is 0 Å². The van der Waals surface area contributed by atoms with Crippen molar-refractivity contribution in [1.82, 2.24) is 4.98 Å². The van der Waals surface area contributed by atoms with Crippen LogP contribution in [-0.4, -0.2) is 4.98 Å². The number of nitrogens with zero attached hydrogens (tertiary/aromatic N) is 1. The highest BCUT2D eigenvalue weighted by Gasteiger charge is 2.10. The molecule has 0 N–H and O–H groups in total. The molecule has 1 heterocycles. The van der Waals surface area contributed by atoms with Gasteiger partial charge in [-0.3, -0.25) is 0 Å². The first kappa shape index (κ1) is 12.2. The van der Waals surface area contributed by atoms with E-state index in [1.165, 1.54) is 0 Å². The van der Waals surface area contributed by atoms with Crippen molar-refractivity contribution in [3.8, 4) is 0 Å². The predicted molar refractivity (Wildman–Crippen MR) is 73.6 cm³/mol. The molecule has 1 nitrogen and oxygen atoms in total. The van der Waals surface area contributed by atoms with Gasteiger partial charge in [0.2, 0.25) is 0 Å². The molecule has 2 rings (SSSR count). The molecule has 0 saturated carbocycles. The largest absolute Gasteiger partial charge is 0.235 e. The molecule has 0 amide bonds. The first-order chi connectivity index (χ1) is 7.49. The maximum Gasteiger partial charge on any atom is 0.133 e. The van der Waals surface area contributed by atoms with Gasteiger partial charge >= 0.3 is 0 Å². The van der Waals surface area contributed by atoms with Crippen LogP contribution < -0.4 is 0 Å². The molecule has 84 valence electrons. The van der Waals surface area contributed by atoms with Crippen LogP contribution in [0.2, 0.25) is 10.2 Å². The molecule has 4 heteroatoms. The van der Waals surface area contributed by atoms with Crippen molar-refractivity contribution in [3.63, 3.8) is 0 Å². The van der Waals surface area contributed by atoms with E-state index in [2.05, 4.69) is 34.8 Å². The third kappa shape index (κ3) is 2.20. The number of fused-ring (bicyclic) bond motifs is 1. The summed E-state index contributed by atoms with van der Waals surface area (Å²) in [4.78, 5) is 4.40. The van der Waals surface area contributed by atoms with Crippen molar-refractivity contribution in [2.45, 2.75) is 19.8 Å². The quantitative estimate of drug-likeness (QED) is 0.639. The number of hydrogen-bond acceptors (Lipinski definition) is 1. The van der Waals surface area contributed by atoms with Crippen molar-refractivity contribution < 1.29 is 0 Å². The van der Waals surface area contributed by atoms with Gasteiger partial charge in [0.05, 0.1) is 5.52 Å². The van der Waals surface area contributed by atoms with Gasteiger partial charge in [-0.15, -0.1) is 0 Å². The molecule has 2 aromatic rings. The molecule has 0 spiro atoms. The maximum atomic E-state index is 6.15. The smallest absolute Gasteiger partial charge is 0.133 e. The van der Waals surface area contributed by atoms with E-state index in [0.29, 0.717) is 16.1 Å². The lowest BCUT2D eigenvalue weighted by molar-refractivity contribution is 0.862. The fourth-order valence-electron chi connectivity index (χ4n) is 1.61. The third-order valence-electron chi connectivity index (χ3n) is 2.44. The minimum atomic E-state index is 0.349. The lowest BCUT2D eigenvalue weighted by Gasteiger charge is -2.10. The molecule has 1 aromatic carbocycles. The molecule has 0 fully saturated rings. The lowest BCUT2D eigenvalue weighted by Crippen LogP contribution is -1.93. The highest BCUT2D eigenvalue weighted by Crippen LogP contribution is 2.32. The number of benzene rings is 1. The number of pyridine rings is 1. The Hall–Kier alpha value is -0.310. The first-order valence-corrected chi connectivity index (χ1v) is 6.49. The van der Waals surface area contributed by atoms with Crippen LogP contribution in [0.1, 0.15) is 25.3 Å². The summed E-state index contributed by atoms with van der Waals surface area (Å²) in [6.45, 7) is 4.18. The second-order valence-corrected chi connectivity index (χ2v) is 5.63. The van der Waals surface area contributed by atoms with Crippen LogP contribution in [0.15, 0.2) is 22.7 Å². The standard InChI is InChI=1S/C12H10BrCl2N/c1-6(2)9-4-7-3-8(14)5-10(13)11(7)16-12(9)15/h3-6H,1-2H3. The van der Waals surface area contributed by atoms with Crippen molar-refractivity contribution in [1.29, 1.82) is 0 Å². The second-order valence-electron chi connectivity index (χ2n) is 3.98. The Bertz CT molecular complexity index is 552. The summed E-state index contributed by atoms with van der Waals surface area (Å²) < 4.78 is 0.868. The highest BCUT2D eigenvalue weighted by molar-refractivity contribution is 9.10. The van der Waals surface area contributed by atoms with E-state index in [1.807, 2.05) is 18.2 Å². The van der Waals surface area contributed by atoms with Crippen molar-refractivity contribution in [2.75, 3.05) is 0 Å². The number of hydrogen-bond donors (Lipinski definition) is 0. The predicted octanol–water partition coefficient (Wildman–Crippen LogP) is 5.43. The van der Waals surface area contributed by atoms with E-state index < -0.39 is 0 Å². The van der Waals surface area contributed by atoms with Gasteiger partial charge in [-0.25, -0.2) is 4.98 Å². The second kappa shape index (κ2) is 4.52. The molecule has 0 unspecified atom stereocenters. The van der Waals surface area contributed by atoms with E-state index in [1.54, 1.807) is 0 Å². The number of rotatable bonds is 1. The van der Waals surface area contributed by atoms with Crippen molar-refractivity contribution >= 4 is 50.0 Å². The van der Waals surface area contributed by atoms with E-state index in [4.69, 9.17) is 23.2 Å². The first-order valence-electron chi connectivity index (χ1n) is 4.94. The third-order valence-corrected chi connectivity index (χ3v) is 3.56. The zero-order valence-corrected chi connectivity index (χ0v) is 12.0. The summed E-state index contributed by atoms with van der Waals surface area (Å²) in [5.41, 5.74) is 1.89. The Morgan fingerprint density at radius 1 is 1.19 bits per heavy atom. The molecule has 0 aliphatic heterocycles. The normalized spacial score (nSPS) is 11.4. The number of halogens is 3. The molecular formula is C12H10BrCl2N. The fourth-order valence-corrected chi connectivity index (χ4v) is 2.89. The molecule has 0 saturated heterocycles. The average molecular weight is 319 g/mol. The van der Waals surface area contributed by atoms with E-state index in [9.17, 15) is 0 Å². The van der Waals surface area contributed by atoms with Crippen molar-refractivity contribution in [3.05, 3.63) is 38.4 Å². The maximum absolute atomic E-state index is 6.15. The van der Waals surface area contributed by atoms with Crippen LogP contribution in [0, 0.1) is 0 Å². The minimum absolute atomic E-state index is 0.349. The Morgan fingerprint density at radius 2 is 1.88 bits per heavy atom. The molecule has 16 heavy (non-hydrogen) atoms. The summed E-state index contributed by atoms with van der Waals surface area (Å²) >= 11 is 15.6. The zero-order chi connectivity index (χ0) is 11.9. The summed E-state index contributed by atoms with van der Waals surface area (Å²) in [5, 5.41) is 2.26. The van der Waals surface area contributed by atoms with Gasteiger partial charge in [-0.05, 0) is 45.6 Å². The van der Waals surface area contributed by atoms with Crippen LogP contribution in [0.5, 0.6) is 0 Å².